The molecule has 6 nitrogen and oxygen atoms in total. The van der Waals surface area contributed by atoms with E-state index in [4.69, 9.17) is 21.1 Å². The smallest absolute Gasteiger partial charge is 0.313 e. The Morgan fingerprint density at radius 3 is 2.50 bits per heavy atom. The molecule has 5 rings (SSSR count). The summed E-state index contributed by atoms with van der Waals surface area (Å²) in [5.74, 6) is -3.45. The van der Waals surface area contributed by atoms with Crippen LogP contribution in [0.4, 0.5) is 0 Å². The van der Waals surface area contributed by atoms with E-state index in [0.717, 1.165) is 4.47 Å². The van der Waals surface area contributed by atoms with Gasteiger partial charge in [0, 0.05) is 16.2 Å². The van der Waals surface area contributed by atoms with Gasteiger partial charge in [-0.25, -0.2) is 0 Å². The summed E-state index contributed by atoms with van der Waals surface area (Å²) < 4.78 is 12.3. The molecule has 4 atom stereocenters. The Kier molecular flexibility index (Phi) is 4.89. The number of aliphatic hydroxyl groups is 1. The molecular weight excluding hydrogens is 498 g/mol. The van der Waals surface area contributed by atoms with E-state index in [1.807, 2.05) is 6.07 Å². The summed E-state index contributed by atoms with van der Waals surface area (Å²) >= 11 is 9.81. The van der Waals surface area contributed by atoms with Crippen molar-refractivity contribution < 1.29 is 24.2 Å². The van der Waals surface area contributed by atoms with Crippen molar-refractivity contribution in [2.45, 2.75) is 17.1 Å². The number of pyridine rings is 1. The SMILES string of the molecule is COC(=O)[C@H]1[C@@H](c2ccccc2)[C@]2(c3ccc(Br)cc3)Oc3cncc(Cl)c3[C@@]1(O)C2=O. The maximum atomic E-state index is 14.2. The van der Waals surface area contributed by atoms with Crippen molar-refractivity contribution in [2.75, 3.05) is 7.11 Å². The summed E-state index contributed by atoms with van der Waals surface area (Å²) in [6.07, 6.45) is 2.71. The maximum absolute atomic E-state index is 14.2. The molecule has 0 unspecified atom stereocenters. The molecule has 32 heavy (non-hydrogen) atoms. The van der Waals surface area contributed by atoms with Gasteiger partial charge >= 0.3 is 5.97 Å². The second kappa shape index (κ2) is 7.40. The van der Waals surface area contributed by atoms with Crippen LogP contribution in [-0.4, -0.2) is 29.0 Å². The van der Waals surface area contributed by atoms with Crippen LogP contribution >= 0.6 is 27.5 Å². The number of benzene rings is 2. The van der Waals surface area contributed by atoms with E-state index in [2.05, 4.69) is 20.9 Å². The van der Waals surface area contributed by atoms with Gasteiger partial charge in [0.1, 0.15) is 11.7 Å². The van der Waals surface area contributed by atoms with Crippen molar-refractivity contribution >= 4 is 39.3 Å². The fourth-order valence-electron chi connectivity index (χ4n) is 5.05. The third-order valence-corrected chi connectivity index (χ3v) is 7.12. The molecule has 3 aromatic rings. The minimum atomic E-state index is -2.27. The molecule has 0 radical (unpaired) electrons. The van der Waals surface area contributed by atoms with Gasteiger partial charge in [-0.15, -0.1) is 0 Å². The fraction of sp³-hybridized carbons (Fsp3) is 0.208. The van der Waals surface area contributed by atoms with Gasteiger partial charge in [0.2, 0.25) is 11.4 Å². The lowest BCUT2D eigenvalue weighted by molar-refractivity contribution is -0.162. The number of carbonyl (C=O) groups excluding carboxylic acids is 2. The molecule has 8 heteroatoms. The molecule has 2 bridgehead atoms. The molecule has 0 amide bonds. The van der Waals surface area contributed by atoms with Crippen LogP contribution in [0.15, 0.2) is 71.5 Å². The predicted octanol–water partition coefficient (Wildman–Crippen LogP) is 4.13. The molecule has 2 aromatic carbocycles. The lowest BCUT2D eigenvalue weighted by Gasteiger charge is -2.39. The standard InChI is InChI=1S/C24H17BrClNO5/c1-31-21(28)20-18(13-5-3-2-4-6-13)24(14-7-9-15(25)10-8-14)22(29)23(20,30)19-16(26)11-27-12-17(19)32-24/h2-12,18,20,30H,1H3/t18-,20-,23+,24+/m1/s1. The second-order valence-corrected chi connectivity index (χ2v) is 9.15. The first-order valence-corrected chi connectivity index (χ1v) is 11.0. The molecule has 1 N–H and O–H groups in total. The number of Topliss-reactive ketones (excluding diaryl/α,β-unsaturated/α-hetero) is 1. The Balaban J connectivity index is 1.91. The van der Waals surface area contributed by atoms with Crippen LogP contribution in [0.1, 0.15) is 22.6 Å². The Bertz CT molecular complexity index is 1230. The fourth-order valence-corrected chi connectivity index (χ4v) is 5.60. The van der Waals surface area contributed by atoms with Crippen LogP contribution in [0.25, 0.3) is 0 Å². The Hall–Kier alpha value is -2.74. The van der Waals surface area contributed by atoms with Crippen molar-refractivity contribution in [2.24, 2.45) is 5.92 Å². The number of rotatable bonds is 3. The number of methoxy groups -OCH3 is 1. The monoisotopic (exact) mass is 513 g/mol. The van der Waals surface area contributed by atoms with E-state index in [0.29, 0.717) is 11.1 Å². The van der Waals surface area contributed by atoms with Crippen molar-refractivity contribution in [3.63, 3.8) is 0 Å². The number of halogens is 2. The number of ketones is 1. The third-order valence-electron chi connectivity index (χ3n) is 6.31. The van der Waals surface area contributed by atoms with Crippen LogP contribution in [0.3, 0.4) is 0 Å². The Morgan fingerprint density at radius 2 is 1.84 bits per heavy atom. The number of ether oxygens (including phenoxy) is 2. The zero-order chi connectivity index (χ0) is 22.7. The van der Waals surface area contributed by atoms with Gasteiger partial charge in [-0.1, -0.05) is 70.0 Å². The average Bonchev–Trinajstić information content (AvgIpc) is 2.92. The third kappa shape index (κ3) is 2.65. The van der Waals surface area contributed by atoms with Gasteiger partial charge in [0.25, 0.3) is 0 Å². The lowest BCUT2D eigenvalue weighted by atomic mass is 9.75. The number of hydrogen-bond acceptors (Lipinski definition) is 6. The molecule has 162 valence electrons. The van der Waals surface area contributed by atoms with Gasteiger partial charge < -0.3 is 14.6 Å². The molecule has 2 aliphatic rings. The van der Waals surface area contributed by atoms with E-state index >= 15 is 0 Å². The van der Waals surface area contributed by atoms with Crippen molar-refractivity contribution in [1.29, 1.82) is 0 Å². The molecule has 1 saturated carbocycles. The summed E-state index contributed by atoms with van der Waals surface area (Å²) in [4.78, 5) is 31.4. The van der Waals surface area contributed by atoms with E-state index in [1.165, 1.54) is 19.5 Å². The number of nitrogens with zero attached hydrogens (tertiary/aromatic N) is 1. The van der Waals surface area contributed by atoms with Gasteiger partial charge in [-0.05, 0) is 17.7 Å². The highest BCUT2D eigenvalue weighted by Crippen LogP contribution is 2.65. The molecule has 0 saturated heterocycles. The van der Waals surface area contributed by atoms with Gasteiger partial charge in [0.05, 0.1) is 29.8 Å². The molecule has 2 heterocycles. The first-order chi connectivity index (χ1) is 15.4. The highest BCUT2D eigenvalue weighted by molar-refractivity contribution is 9.10. The molecule has 0 spiro atoms. The van der Waals surface area contributed by atoms with Gasteiger partial charge in [0.15, 0.2) is 5.60 Å². The minimum absolute atomic E-state index is 0.0285. The van der Waals surface area contributed by atoms with Crippen LogP contribution in [0.5, 0.6) is 5.75 Å². The second-order valence-electron chi connectivity index (χ2n) is 7.82. The molecular formula is C24H17BrClNO5. The molecule has 1 aliphatic carbocycles. The van der Waals surface area contributed by atoms with E-state index in [9.17, 15) is 14.7 Å². The quantitative estimate of drug-likeness (QED) is 0.529. The first-order valence-electron chi connectivity index (χ1n) is 9.84. The molecule has 1 fully saturated rings. The van der Waals surface area contributed by atoms with Crippen molar-refractivity contribution in [1.82, 2.24) is 4.98 Å². The van der Waals surface area contributed by atoms with Gasteiger partial charge in [-0.2, -0.15) is 0 Å². The predicted molar refractivity (Wildman–Crippen MR) is 119 cm³/mol. The highest BCUT2D eigenvalue weighted by atomic mass is 79.9. The van der Waals surface area contributed by atoms with Crippen molar-refractivity contribution in [3.8, 4) is 5.75 Å². The van der Waals surface area contributed by atoms with Crippen LogP contribution in [-0.2, 0) is 25.5 Å². The van der Waals surface area contributed by atoms with Crippen LogP contribution in [0, 0.1) is 5.92 Å². The zero-order valence-electron chi connectivity index (χ0n) is 16.8. The largest absolute Gasteiger partial charge is 0.472 e. The maximum Gasteiger partial charge on any atom is 0.313 e. The molecule has 1 aromatic heterocycles. The summed E-state index contributed by atoms with van der Waals surface area (Å²) in [5.41, 5.74) is -2.80. The first kappa shape index (κ1) is 21.1. The van der Waals surface area contributed by atoms with E-state index in [1.54, 1.807) is 48.5 Å². The van der Waals surface area contributed by atoms with E-state index in [-0.39, 0.29) is 16.3 Å². The lowest BCUT2D eigenvalue weighted by Crippen LogP contribution is -2.51. The van der Waals surface area contributed by atoms with Gasteiger partial charge in [-0.3, -0.25) is 14.6 Å². The normalized spacial score (nSPS) is 28.1. The Labute approximate surface area is 197 Å². The summed E-state index contributed by atoms with van der Waals surface area (Å²) in [6.45, 7) is 0. The number of hydrogen-bond donors (Lipinski definition) is 1. The summed E-state index contributed by atoms with van der Waals surface area (Å²) in [6, 6.07) is 16.1. The van der Waals surface area contributed by atoms with Crippen LogP contribution < -0.4 is 4.74 Å². The molecule has 1 aliphatic heterocycles. The minimum Gasteiger partial charge on any atom is -0.472 e. The topological polar surface area (TPSA) is 85.7 Å². The number of fused-ring (bicyclic) bond motifs is 4. The summed E-state index contributed by atoms with van der Waals surface area (Å²) in [7, 11) is 1.22. The van der Waals surface area contributed by atoms with E-state index < -0.39 is 34.8 Å². The number of carbonyl (C=O) groups is 2. The zero-order valence-corrected chi connectivity index (χ0v) is 19.1. The number of esters is 1. The average molecular weight is 515 g/mol. The van der Waals surface area contributed by atoms with Crippen molar-refractivity contribution in [3.05, 3.63) is 93.2 Å². The summed E-state index contributed by atoms with van der Waals surface area (Å²) in [5, 5.41) is 12.1. The number of aromatic nitrogens is 1. The Morgan fingerprint density at radius 1 is 1.16 bits per heavy atom. The van der Waals surface area contributed by atoms with Crippen LogP contribution in [0.2, 0.25) is 5.02 Å². The highest BCUT2D eigenvalue weighted by Gasteiger charge is 2.76.